The van der Waals surface area contributed by atoms with E-state index in [1.807, 2.05) is 0 Å². The van der Waals surface area contributed by atoms with E-state index in [0.717, 1.165) is 0 Å². The van der Waals surface area contributed by atoms with E-state index < -0.39 is 17.7 Å². The number of rotatable bonds is 6. The molecule has 2 aromatic carbocycles. The molecule has 1 aromatic heterocycles. The molecule has 9 heteroatoms. The summed E-state index contributed by atoms with van der Waals surface area (Å²) in [5.41, 5.74) is 0.721. The minimum absolute atomic E-state index is 0.0144. The van der Waals surface area contributed by atoms with Crippen LogP contribution in [0.1, 0.15) is 22.9 Å². The third kappa shape index (κ3) is 3.95. The van der Waals surface area contributed by atoms with E-state index in [1.165, 1.54) is 25.4 Å². The Bertz CT molecular complexity index is 1310. The number of methoxy groups -OCH3 is 2. The number of ether oxygens (including phenoxy) is 4. The predicted molar refractivity (Wildman–Crippen MR) is 124 cm³/mol. The normalized spacial score (nSPS) is 18.6. The van der Waals surface area contributed by atoms with Gasteiger partial charge in [0.15, 0.2) is 11.5 Å². The quantitative estimate of drug-likeness (QED) is 0.325. The maximum Gasteiger partial charge on any atom is 0.296 e. The molecule has 0 saturated carbocycles. The van der Waals surface area contributed by atoms with Gasteiger partial charge in [0.05, 0.1) is 38.6 Å². The highest BCUT2D eigenvalue weighted by Crippen LogP contribution is 2.45. The summed E-state index contributed by atoms with van der Waals surface area (Å²) in [6.45, 7) is 0.804. The second kappa shape index (κ2) is 9.09. The van der Waals surface area contributed by atoms with E-state index >= 15 is 0 Å². The number of amides is 1. The number of nitrogens with zero attached hydrogens (tertiary/aromatic N) is 1. The zero-order valence-corrected chi connectivity index (χ0v) is 19.1. The molecule has 2 aliphatic heterocycles. The Hall–Kier alpha value is -4.40. The first-order valence-electron chi connectivity index (χ1n) is 10.9. The predicted octanol–water partition coefficient (Wildman–Crippen LogP) is 3.69. The standard InChI is InChI=1S/C26H23NO8/c1-31-16-6-8-19(32-2)18(13-16)23-22(25(29)26(30)27(23)14-17-4-3-9-33-17)24(28)15-5-7-20-21(12-15)35-11-10-34-20/h3-9,12-13,23,28H,10-11,14H2,1-2H3/t23-/m0/s1. The summed E-state index contributed by atoms with van der Waals surface area (Å²) in [6, 6.07) is 12.4. The first kappa shape index (κ1) is 22.4. The van der Waals surface area contributed by atoms with Crippen molar-refractivity contribution < 1.29 is 38.1 Å². The Labute approximate surface area is 201 Å². The van der Waals surface area contributed by atoms with Gasteiger partial charge in [-0.2, -0.15) is 0 Å². The Morgan fingerprint density at radius 1 is 1.03 bits per heavy atom. The molecule has 0 spiro atoms. The molecule has 1 N–H and O–H groups in total. The second-order valence-electron chi connectivity index (χ2n) is 7.97. The van der Waals surface area contributed by atoms with Crippen LogP contribution in [0.25, 0.3) is 5.76 Å². The fourth-order valence-electron chi connectivity index (χ4n) is 4.34. The van der Waals surface area contributed by atoms with Gasteiger partial charge in [-0.1, -0.05) is 0 Å². The maximum atomic E-state index is 13.3. The highest BCUT2D eigenvalue weighted by atomic mass is 16.6. The molecule has 180 valence electrons. The van der Waals surface area contributed by atoms with Gasteiger partial charge >= 0.3 is 0 Å². The van der Waals surface area contributed by atoms with Crippen molar-refractivity contribution in [2.24, 2.45) is 0 Å². The fourth-order valence-corrected chi connectivity index (χ4v) is 4.34. The van der Waals surface area contributed by atoms with Crippen LogP contribution >= 0.6 is 0 Å². The van der Waals surface area contributed by atoms with Crippen molar-refractivity contribution in [3.63, 3.8) is 0 Å². The number of aliphatic hydroxyl groups is 1. The molecule has 0 radical (unpaired) electrons. The first-order chi connectivity index (χ1) is 17.0. The maximum absolute atomic E-state index is 13.3. The molecule has 1 fully saturated rings. The number of fused-ring (bicyclic) bond motifs is 1. The molecule has 5 rings (SSSR count). The molecule has 35 heavy (non-hydrogen) atoms. The SMILES string of the molecule is COc1ccc(OC)c([C@H]2C(=C(O)c3ccc4c(c3)OCCO4)C(=O)C(=O)N2Cc2ccco2)c1. The summed E-state index contributed by atoms with van der Waals surface area (Å²) < 4.78 is 27.5. The number of benzene rings is 2. The van der Waals surface area contributed by atoms with Gasteiger partial charge in [-0.15, -0.1) is 0 Å². The molecule has 0 aliphatic carbocycles. The number of carbonyl (C=O) groups excluding carboxylic acids is 2. The van der Waals surface area contributed by atoms with E-state index in [9.17, 15) is 14.7 Å². The van der Waals surface area contributed by atoms with E-state index in [0.29, 0.717) is 53.1 Å². The fraction of sp³-hybridized carbons (Fsp3) is 0.231. The van der Waals surface area contributed by atoms with Crippen LogP contribution in [-0.4, -0.2) is 49.1 Å². The lowest BCUT2D eigenvalue weighted by Gasteiger charge is -2.26. The Morgan fingerprint density at radius 2 is 1.83 bits per heavy atom. The number of furan rings is 1. The Kier molecular flexibility index (Phi) is 5.82. The van der Waals surface area contributed by atoms with Crippen LogP contribution in [0.4, 0.5) is 0 Å². The van der Waals surface area contributed by atoms with Crippen LogP contribution in [0, 0.1) is 0 Å². The Morgan fingerprint density at radius 3 is 2.54 bits per heavy atom. The van der Waals surface area contributed by atoms with Crippen molar-refractivity contribution in [1.82, 2.24) is 4.90 Å². The lowest BCUT2D eigenvalue weighted by atomic mass is 9.94. The van der Waals surface area contributed by atoms with Crippen molar-refractivity contribution in [3.05, 3.63) is 77.3 Å². The van der Waals surface area contributed by atoms with Crippen molar-refractivity contribution in [2.45, 2.75) is 12.6 Å². The molecule has 1 atom stereocenters. The summed E-state index contributed by atoms with van der Waals surface area (Å²) in [5, 5.41) is 11.4. The summed E-state index contributed by atoms with van der Waals surface area (Å²) in [4.78, 5) is 27.9. The summed E-state index contributed by atoms with van der Waals surface area (Å²) >= 11 is 0. The Balaban J connectivity index is 1.69. The minimum Gasteiger partial charge on any atom is -0.507 e. The molecular weight excluding hydrogens is 454 g/mol. The van der Waals surface area contributed by atoms with Gasteiger partial charge in [0.1, 0.15) is 36.2 Å². The van der Waals surface area contributed by atoms with Crippen molar-refractivity contribution in [3.8, 4) is 23.0 Å². The van der Waals surface area contributed by atoms with E-state index in [-0.39, 0.29) is 17.9 Å². The smallest absolute Gasteiger partial charge is 0.296 e. The van der Waals surface area contributed by atoms with E-state index in [1.54, 1.807) is 48.5 Å². The molecule has 3 heterocycles. The van der Waals surface area contributed by atoms with Gasteiger partial charge in [-0.05, 0) is 48.5 Å². The number of aliphatic hydroxyl groups excluding tert-OH is 1. The first-order valence-corrected chi connectivity index (χ1v) is 10.9. The van der Waals surface area contributed by atoms with Gasteiger partial charge in [-0.3, -0.25) is 9.59 Å². The molecule has 0 bridgehead atoms. The molecule has 1 saturated heterocycles. The molecule has 1 amide bonds. The summed E-state index contributed by atoms with van der Waals surface area (Å²) in [7, 11) is 3.01. The average molecular weight is 477 g/mol. The summed E-state index contributed by atoms with van der Waals surface area (Å²) in [6.07, 6.45) is 1.49. The number of ketones is 1. The average Bonchev–Trinajstić information content (AvgIpc) is 3.50. The number of Topliss-reactive ketones (excluding diaryl/α,β-unsaturated/α-hetero) is 1. The van der Waals surface area contributed by atoms with Crippen LogP contribution in [0.2, 0.25) is 0 Å². The van der Waals surface area contributed by atoms with Gasteiger partial charge in [-0.25, -0.2) is 0 Å². The monoisotopic (exact) mass is 477 g/mol. The van der Waals surface area contributed by atoms with Gasteiger partial charge in [0.2, 0.25) is 0 Å². The van der Waals surface area contributed by atoms with Crippen LogP contribution in [-0.2, 0) is 16.1 Å². The topological polar surface area (TPSA) is 108 Å². The molecule has 9 nitrogen and oxygen atoms in total. The van der Waals surface area contributed by atoms with Crippen molar-refractivity contribution in [2.75, 3.05) is 27.4 Å². The number of carbonyl (C=O) groups is 2. The third-order valence-corrected chi connectivity index (χ3v) is 5.99. The molecule has 2 aliphatic rings. The zero-order chi connectivity index (χ0) is 24.5. The largest absolute Gasteiger partial charge is 0.507 e. The zero-order valence-electron chi connectivity index (χ0n) is 19.1. The number of hydrogen-bond donors (Lipinski definition) is 1. The van der Waals surface area contributed by atoms with Crippen LogP contribution in [0.5, 0.6) is 23.0 Å². The molecule has 0 unspecified atom stereocenters. The third-order valence-electron chi connectivity index (χ3n) is 5.99. The minimum atomic E-state index is -0.960. The molecule has 3 aromatic rings. The van der Waals surface area contributed by atoms with Crippen molar-refractivity contribution >= 4 is 17.4 Å². The second-order valence-corrected chi connectivity index (χ2v) is 7.97. The van der Waals surface area contributed by atoms with Gasteiger partial charge in [0.25, 0.3) is 11.7 Å². The van der Waals surface area contributed by atoms with Gasteiger partial charge < -0.3 is 33.4 Å². The van der Waals surface area contributed by atoms with Crippen LogP contribution in [0.15, 0.2) is 64.8 Å². The number of likely N-dealkylation sites (tertiary alicyclic amines) is 1. The van der Waals surface area contributed by atoms with E-state index in [2.05, 4.69) is 0 Å². The molecular formula is C26H23NO8. The highest BCUT2D eigenvalue weighted by molar-refractivity contribution is 6.46. The van der Waals surface area contributed by atoms with Crippen molar-refractivity contribution in [1.29, 1.82) is 0 Å². The van der Waals surface area contributed by atoms with E-state index in [4.69, 9.17) is 23.4 Å². The highest BCUT2D eigenvalue weighted by Gasteiger charge is 2.47. The summed E-state index contributed by atoms with van der Waals surface area (Å²) in [5.74, 6) is 0.473. The lowest BCUT2D eigenvalue weighted by Crippen LogP contribution is -2.29. The lowest BCUT2D eigenvalue weighted by molar-refractivity contribution is -0.140. The van der Waals surface area contributed by atoms with Gasteiger partial charge in [0, 0.05) is 11.1 Å². The van der Waals surface area contributed by atoms with Crippen LogP contribution < -0.4 is 18.9 Å². The van der Waals surface area contributed by atoms with Crippen LogP contribution in [0.3, 0.4) is 0 Å². The number of hydrogen-bond acceptors (Lipinski definition) is 8.